The minimum atomic E-state index is -0.137. The van der Waals surface area contributed by atoms with E-state index in [1.807, 2.05) is 37.4 Å². The van der Waals surface area contributed by atoms with Crippen molar-refractivity contribution < 1.29 is 4.39 Å². The first-order valence-corrected chi connectivity index (χ1v) is 6.64. The van der Waals surface area contributed by atoms with Gasteiger partial charge in [0.25, 0.3) is 0 Å². The molecule has 1 aromatic heterocycles. The number of hydrogen-bond acceptors (Lipinski definition) is 2. The number of benzene rings is 1. The summed E-state index contributed by atoms with van der Waals surface area (Å²) in [5.74, 6) is -0.137. The molecule has 0 fully saturated rings. The van der Waals surface area contributed by atoms with Crippen LogP contribution in [0.15, 0.2) is 29.6 Å². The van der Waals surface area contributed by atoms with Gasteiger partial charge in [-0.1, -0.05) is 19.1 Å². The van der Waals surface area contributed by atoms with Crippen molar-refractivity contribution >= 4 is 11.3 Å². The van der Waals surface area contributed by atoms with Crippen LogP contribution in [0.5, 0.6) is 0 Å². The highest BCUT2D eigenvalue weighted by atomic mass is 32.1. The summed E-state index contributed by atoms with van der Waals surface area (Å²) in [6.07, 6.45) is 0. The molecule has 1 N–H and O–H groups in total. The van der Waals surface area contributed by atoms with Gasteiger partial charge in [0.05, 0.1) is 0 Å². The summed E-state index contributed by atoms with van der Waals surface area (Å²) >= 11 is 1.65. The quantitative estimate of drug-likeness (QED) is 0.864. The van der Waals surface area contributed by atoms with Gasteiger partial charge in [0.1, 0.15) is 5.82 Å². The zero-order valence-corrected chi connectivity index (χ0v) is 10.9. The molecule has 0 atom stereocenters. The van der Waals surface area contributed by atoms with Crippen LogP contribution < -0.4 is 5.32 Å². The van der Waals surface area contributed by atoms with Crippen LogP contribution in [-0.4, -0.2) is 6.54 Å². The molecule has 0 aliphatic heterocycles. The van der Waals surface area contributed by atoms with Gasteiger partial charge in [-0.05, 0) is 42.1 Å². The number of halogens is 1. The Morgan fingerprint density at radius 1 is 1.24 bits per heavy atom. The van der Waals surface area contributed by atoms with Crippen LogP contribution in [0.1, 0.15) is 17.4 Å². The van der Waals surface area contributed by atoms with Crippen LogP contribution in [0.4, 0.5) is 4.39 Å². The second-order valence-electron chi connectivity index (χ2n) is 3.98. The molecule has 0 aliphatic carbocycles. The van der Waals surface area contributed by atoms with Crippen LogP contribution in [0.2, 0.25) is 0 Å². The highest BCUT2D eigenvalue weighted by Crippen LogP contribution is 2.29. The number of thiophene rings is 1. The van der Waals surface area contributed by atoms with E-state index in [0.29, 0.717) is 5.56 Å². The van der Waals surface area contributed by atoms with E-state index in [4.69, 9.17) is 0 Å². The molecule has 1 nitrogen and oxygen atoms in total. The number of hydrogen-bond donors (Lipinski definition) is 1. The average molecular weight is 249 g/mol. The Morgan fingerprint density at radius 2 is 2.06 bits per heavy atom. The largest absolute Gasteiger partial charge is 0.313 e. The lowest BCUT2D eigenvalue weighted by Gasteiger charge is -2.06. The van der Waals surface area contributed by atoms with Gasteiger partial charge >= 0.3 is 0 Å². The summed E-state index contributed by atoms with van der Waals surface area (Å²) in [7, 11) is 0. The van der Waals surface area contributed by atoms with Gasteiger partial charge in [0.2, 0.25) is 0 Å². The predicted octanol–water partition coefficient (Wildman–Crippen LogP) is 3.97. The summed E-state index contributed by atoms with van der Waals surface area (Å²) in [4.78, 5) is 1.16. The molecule has 2 rings (SSSR count). The Morgan fingerprint density at radius 3 is 2.65 bits per heavy atom. The highest BCUT2D eigenvalue weighted by molar-refractivity contribution is 7.10. The van der Waals surface area contributed by atoms with Crippen molar-refractivity contribution in [3.05, 3.63) is 45.9 Å². The molecule has 0 spiro atoms. The molecular weight excluding hydrogens is 233 g/mol. The first-order chi connectivity index (χ1) is 8.22. The van der Waals surface area contributed by atoms with Gasteiger partial charge in [-0.25, -0.2) is 4.39 Å². The zero-order chi connectivity index (χ0) is 12.3. The third-order valence-electron chi connectivity index (χ3n) is 2.76. The van der Waals surface area contributed by atoms with E-state index in [1.54, 1.807) is 17.4 Å². The number of rotatable bonds is 4. The maximum absolute atomic E-state index is 14.0. The van der Waals surface area contributed by atoms with Crippen molar-refractivity contribution in [3.8, 4) is 11.1 Å². The maximum atomic E-state index is 14.0. The lowest BCUT2D eigenvalue weighted by atomic mass is 10.0. The average Bonchev–Trinajstić information content (AvgIpc) is 2.73. The van der Waals surface area contributed by atoms with Crippen LogP contribution in [0, 0.1) is 12.7 Å². The Hall–Kier alpha value is -1.19. The SMILES string of the molecule is CCNCc1ccc(-c2ccsc2C)c(F)c1. The van der Waals surface area contributed by atoms with Crippen molar-refractivity contribution in [2.45, 2.75) is 20.4 Å². The molecule has 0 saturated carbocycles. The van der Waals surface area contributed by atoms with Gasteiger partial charge < -0.3 is 5.32 Å². The third kappa shape index (κ3) is 2.73. The topological polar surface area (TPSA) is 12.0 Å². The summed E-state index contributed by atoms with van der Waals surface area (Å²) < 4.78 is 14.0. The minimum Gasteiger partial charge on any atom is -0.313 e. The van der Waals surface area contributed by atoms with Gasteiger partial charge in [-0.3, -0.25) is 0 Å². The molecule has 2 aromatic rings. The summed E-state index contributed by atoms with van der Waals surface area (Å²) in [6, 6.07) is 7.45. The second-order valence-corrected chi connectivity index (χ2v) is 5.11. The molecular formula is C14H16FNS. The van der Waals surface area contributed by atoms with Crippen LogP contribution >= 0.6 is 11.3 Å². The Kier molecular flexibility index (Phi) is 3.92. The predicted molar refractivity (Wildman–Crippen MR) is 71.8 cm³/mol. The van der Waals surface area contributed by atoms with Crippen molar-refractivity contribution in [2.24, 2.45) is 0 Å². The second kappa shape index (κ2) is 5.43. The lowest BCUT2D eigenvalue weighted by molar-refractivity contribution is 0.625. The smallest absolute Gasteiger partial charge is 0.131 e. The fraction of sp³-hybridized carbons (Fsp3) is 0.286. The molecule has 3 heteroatoms. The van der Waals surface area contributed by atoms with E-state index in [9.17, 15) is 4.39 Å². The molecule has 0 amide bonds. The molecule has 0 bridgehead atoms. The Balaban J connectivity index is 2.29. The molecule has 0 unspecified atom stereocenters. The Bertz CT molecular complexity index is 505. The van der Waals surface area contributed by atoms with E-state index in [2.05, 4.69) is 5.32 Å². The van der Waals surface area contributed by atoms with Crippen LogP contribution in [0.25, 0.3) is 11.1 Å². The normalized spacial score (nSPS) is 10.8. The van der Waals surface area contributed by atoms with Crippen molar-refractivity contribution in [1.29, 1.82) is 0 Å². The van der Waals surface area contributed by atoms with Crippen LogP contribution in [0.3, 0.4) is 0 Å². The van der Waals surface area contributed by atoms with E-state index >= 15 is 0 Å². The monoisotopic (exact) mass is 249 g/mol. The number of aryl methyl sites for hydroxylation is 1. The lowest BCUT2D eigenvalue weighted by Crippen LogP contribution is -2.11. The molecule has 90 valence electrons. The minimum absolute atomic E-state index is 0.137. The van der Waals surface area contributed by atoms with E-state index in [0.717, 1.165) is 29.1 Å². The highest BCUT2D eigenvalue weighted by Gasteiger charge is 2.09. The maximum Gasteiger partial charge on any atom is 0.131 e. The van der Waals surface area contributed by atoms with Gasteiger partial charge in [0.15, 0.2) is 0 Å². The first kappa shape index (κ1) is 12.3. The van der Waals surface area contributed by atoms with Crippen molar-refractivity contribution in [1.82, 2.24) is 5.32 Å². The fourth-order valence-electron chi connectivity index (χ4n) is 1.82. The Labute approximate surface area is 105 Å². The molecule has 17 heavy (non-hydrogen) atoms. The molecule has 0 radical (unpaired) electrons. The van der Waals surface area contributed by atoms with Gasteiger partial charge in [0, 0.05) is 17.0 Å². The summed E-state index contributed by atoms with van der Waals surface area (Å²) in [6.45, 7) is 5.68. The molecule has 0 saturated heterocycles. The van der Waals surface area contributed by atoms with Crippen molar-refractivity contribution in [2.75, 3.05) is 6.54 Å². The van der Waals surface area contributed by atoms with Crippen molar-refractivity contribution in [3.63, 3.8) is 0 Å². The van der Waals surface area contributed by atoms with E-state index in [-0.39, 0.29) is 5.82 Å². The van der Waals surface area contributed by atoms with Gasteiger partial charge in [-0.15, -0.1) is 11.3 Å². The summed E-state index contributed by atoms with van der Waals surface area (Å²) in [5.41, 5.74) is 2.69. The molecule has 0 aliphatic rings. The van der Waals surface area contributed by atoms with E-state index in [1.165, 1.54) is 0 Å². The van der Waals surface area contributed by atoms with Gasteiger partial charge in [-0.2, -0.15) is 0 Å². The molecule has 1 aromatic carbocycles. The zero-order valence-electron chi connectivity index (χ0n) is 10.1. The standard InChI is InChI=1S/C14H16FNS/c1-3-16-9-11-4-5-13(14(15)8-11)12-6-7-17-10(12)2/h4-8,16H,3,9H2,1-2H3. The first-order valence-electron chi connectivity index (χ1n) is 5.76. The summed E-state index contributed by atoms with van der Waals surface area (Å²) in [5, 5.41) is 5.19. The third-order valence-corrected chi connectivity index (χ3v) is 3.61. The van der Waals surface area contributed by atoms with Crippen LogP contribution in [-0.2, 0) is 6.54 Å². The number of nitrogens with one attached hydrogen (secondary N) is 1. The fourth-order valence-corrected chi connectivity index (χ4v) is 2.53. The van der Waals surface area contributed by atoms with E-state index < -0.39 is 0 Å². The molecule has 1 heterocycles.